The highest BCUT2D eigenvalue weighted by molar-refractivity contribution is 6.15. The zero-order valence-electron chi connectivity index (χ0n) is 10.9. The highest BCUT2D eigenvalue weighted by atomic mass is 14.4. The van der Waals surface area contributed by atoms with Crippen LogP contribution in [0.4, 0.5) is 0 Å². The van der Waals surface area contributed by atoms with Crippen LogP contribution < -0.4 is 0 Å². The smallest absolute Gasteiger partial charge is 0.0613 e. The maximum Gasteiger partial charge on any atom is 0.0753 e. The number of rotatable bonds is 0. The largest absolute Gasteiger partial charge is 0.0753 e. The van der Waals surface area contributed by atoms with Crippen LogP contribution in [0.2, 0.25) is 5.31 Å². The molecule has 1 heteroatoms. The minimum atomic E-state index is 0.0738. The summed E-state index contributed by atoms with van der Waals surface area (Å²) >= 11 is 0. The van der Waals surface area contributed by atoms with Crippen molar-refractivity contribution in [3.63, 3.8) is 0 Å². The third kappa shape index (κ3) is 3.85. The van der Waals surface area contributed by atoms with Crippen molar-refractivity contribution in [1.29, 1.82) is 0 Å². The molecule has 0 aromatic rings. The average Bonchev–Trinajstić information content (AvgIpc) is 2.14. The van der Waals surface area contributed by atoms with Crippen LogP contribution in [0.15, 0.2) is 0 Å². The maximum absolute atomic E-state index is 6.63. The molecule has 0 nitrogen and oxygen atoms in total. The Hall–Kier alpha value is 0.0649. The highest BCUT2D eigenvalue weighted by Gasteiger charge is 2.35. The molecule has 1 aliphatic rings. The molecule has 0 aromatic heterocycles. The van der Waals surface area contributed by atoms with E-state index < -0.39 is 0 Å². The summed E-state index contributed by atoms with van der Waals surface area (Å²) in [6.45, 7) is 6.91. The Morgan fingerprint density at radius 3 is 1.40 bits per heavy atom. The Morgan fingerprint density at radius 1 is 0.733 bits per heavy atom. The highest BCUT2D eigenvalue weighted by Crippen LogP contribution is 2.51. The van der Waals surface area contributed by atoms with Crippen molar-refractivity contribution in [3.8, 4) is 0 Å². The van der Waals surface area contributed by atoms with Crippen LogP contribution in [0.1, 0.15) is 78.6 Å². The van der Waals surface area contributed by atoms with Crippen LogP contribution in [-0.2, 0) is 0 Å². The minimum absolute atomic E-state index is 0.0738. The van der Waals surface area contributed by atoms with Crippen molar-refractivity contribution < 1.29 is 0 Å². The molecule has 1 fully saturated rings. The van der Waals surface area contributed by atoms with Crippen LogP contribution in [0.3, 0.4) is 0 Å². The van der Waals surface area contributed by atoms with Gasteiger partial charge in [-0.3, -0.25) is 0 Å². The van der Waals surface area contributed by atoms with Gasteiger partial charge in [0.25, 0.3) is 0 Å². The first-order valence-electron chi connectivity index (χ1n) is 6.75. The van der Waals surface area contributed by atoms with Crippen molar-refractivity contribution >= 4 is 7.85 Å². The van der Waals surface area contributed by atoms with Crippen LogP contribution >= 0.6 is 0 Å². The lowest BCUT2D eigenvalue weighted by atomic mass is 9.50. The lowest BCUT2D eigenvalue weighted by Gasteiger charge is -2.43. The Bertz CT molecular complexity index is 168. The van der Waals surface area contributed by atoms with Gasteiger partial charge < -0.3 is 0 Å². The Kier molecular flexibility index (Phi) is 4.74. The molecule has 15 heavy (non-hydrogen) atoms. The van der Waals surface area contributed by atoms with Gasteiger partial charge in [-0.2, -0.15) is 0 Å². The lowest BCUT2D eigenvalue weighted by molar-refractivity contribution is 0.218. The lowest BCUT2D eigenvalue weighted by Crippen LogP contribution is -2.29. The normalized spacial score (nSPS) is 24.7. The van der Waals surface area contributed by atoms with E-state index in [9.17, 15) is 0 Å². The van der Waals surface area contributed by atoms with E-state index >= 15 is 0 Å². The first-order valence-corrected chi connectivity index (χ1v) is 6.75. The Labute approximate surface area is 97.6 Å². The van der Waals surface area contributed by atoms with Crippen molar-refractivity contribution in [2.45, 2.75) is 83.9 Å². The van der Waals surface area contributed by atoms with Crippen LogP contribution in [0.25, 0.3) is 0 Å². The van der Waals surface area contributed by atoms with Crippen molar-refractivity contribution in [1.82, 2.24) is 0 Å². The molecule has 0 atom stereocenters. The summed E-state index contributed by atoms with van der Waals surface area (Å²) in [6, 6.07) is 0. The predicted octanol–water partition coefficient (Wildman–Crippen LogP) is 4.88. The van der Waals surface area contributed by atoms with Crippen LogP contribution in [-0.4, -0.2) is 7.85 Å². The van der Waals surface area contributed by atoms with Crippen molar-refractivity contribution in [2.75, 3.05) is 0 Å². The molecule has 0 aliphatic heterocycles. The minimum Gasteiger partial charge on any atom is -0.0613 e. The number of hydrogen-bond acceptors (Lipinski definition) is 0. The molecule has 0 aromatic carbocycles. The fourth-order valence-electron chi connectivity index (χ4n) is 2.64. The molecule has 0 N–H and O–H groups in total. The molecular formula is C14H27B. The van der Waals surface area contributed by atoms with E-state index in [2.05, 4.69) is 20.8 Å². The first kappa shape index (κ1) is 13.1. The third-order valence-corrected chi connectivity index (χ3v) is 4.24. The Morgan fingerprint density at radius 2 is 1.07 bits per heavy atom. The van der Waals surface area contributed by atoms with E-state index in [0.29, 0.717) is 0 Å². The van der Waals surface area contributed by atoms with Gasteiger partial charge >= 0.3 is 0 Å². The SMILES string of the molecule is [B]C1(C(C)(C)C)CCCCCCCCC1. The molecule has 0 unspecified atom stereocenters. The summed E-state index contributed by atoms with van der Waals surface area (Å²) in [6.07, 6.45) is 12.1. The summed E-state index contributed by atoms with van der Waals surface area (Å²) in [5, 5.41) is 0.0738. The summed E-state index contributed by atoms with van der Waals surface area (Å²) in [7, 11) is 6.63. The van der Waals surface area contributed by atoms with E-state index in [0.717, 1.165) is 0 Å². The van der Waals surface area contributed by atoms with Gasteiger partial charge in [0.05, 0.1) is 7.85 Å². The molecule has 1 aliphatic carbocycles. The van der Waals surface area contributed by atoms with Crippen molar-refractivity contribution in [3.05, 3.63) is 0 Å². The second-order valence-electron chi connectivity index (χ2n) is 6.38. The summed E-state index contributed by atoms with van der Waals surface area (Å²) < 4.78 is 0. The topological polar surface area (TPSA) is 0 Å². The zero-order valence-corrected chi connectivity index (χ0v) is 10.9. The molecule has 86 valence electrons. The Balaban J connectivity index is 2.58. The third-order valence-electron chi connectivity index (χ3n) is 4.24. The molecule has 0 saturated heterocycles. The summed E-state index contributed by atoms with van der Waals surface area (Å²) in [5.74, 6) is 0. The molecule has 0 amide bonds. The van der Waals surface area contributed by atoms with Gasteiger partial charge in [-0.15, -0.1) is 0 Å². The quantitative estimate of drug-likeness (QED) is 0.495. The van der Waals surface area contributed by atoms with E-state index in [1.54, 1.807) is 0 Å². The van der Waals surface area contributed by atoms with E-state index in [1.165, 1.54) is 57.8 Å². The van der Waals surface area contributed by atoms with Crippen molar-refractivity contribution in [2.24, 2.45) is 5.41 Å². The molecule has 0 heterocycles. The van der Waals surface area contributed by atoms with E-state index in [1.807, 2.05) is 0 Å². The number of hydrogen-bond donors (Lipinski definition) is 0. The van der Waals surface area contributed by atoms with Gasteiger partial charge in [0, 0.05) is 0 Å². The van der Waals surface area contributed by atoms with Gasteiger partial charge in [-0.1, -0.05) is 83.9 Å². The molecule has 1 rings (SSSR count). The molecule has 0 bridgehead atoms. The van der Waals surface area contributed by atoms with E-state index in [4.69, 9.17) is 7.85 Å². The second kappa shape index (κ2) is 5.41. The van der Waals surface area contributed by atoms with E-state index in [-0.39, 0.29) is 10.7 Å². The molecule has 2 radical (unpaired) electrons. The van der Waals surface area contributed by atoms with Gasteiger partial charge in [-0.05, 0) is 5.41 Å². The fourth-order valence-corrected chi connectivity index (χ4v) is 2.64. The van der Waals surface area contributed by atoms with Crippen LogP contribution in [0.5, 0.6) is 0 Å². The van der Waals surface area contributed by atoms with Gasteiger partial charge in [0.15, 0.2) is 0 Å². The summed E-state index contributed by atoms with van der Waals surface area (Å²) in [5.41, 5.74) is 0.256. The first-order chi connectivity index (χ1) is 6.96. The van der Waals surface area contributed by atoms with Crippen LogP contribution in [0, 0.1) is 5.41 Å². The molecular weight excluding hydrogens is 179 g/mol. The summed E-state index contributed by atoms with van der Waals surface area (Å²) in [4.78, 5) is 0. The predicted molar refractivity (Wildman–Crippen MR) is 69.5 cm³/mol. The maximum atomic E-state index is 6.63. The zero-order chi connectivity index (χ0) is 11.4. The fraction of sp³-hybridized carbons (Fsp3) is 1.00. The monoisotopic (exact) mass is 206 g/mol. The van der Waals surface area contributed by atoms with Gasteiger partial charge in [0.1, 0.15) is 0 Å². The second-order valence-corrected chi connectivity index (χ2v) is 6.38. The standard InChI is InChI=1S/C14H27B/c1-13(2,3)14(15)11-9-7-5-4-6-8-10-12-14/h4-12H2,1-3H3. The average molecular weight is 206 g/mol. The molecule has 1 saturated carbocycles. The van der Waals surface area contributed by atoms with Gasteiger partial charge in [-0.25, -0.2) is 0 Å². The van der Waals surface area contributed by atoms with Gasteiger partial charge in [0.2, 0.25) is 0 Å². The molecule has 0 spiro atoms.